The van der Waals surface area contributed by atoms with Crippen LogP contribution in [0.2, 0.25) is 0 Å². The predicted octanol–water partition coefficient (Wildman–Crippen LogP) is 1.27. The summed E-state index contributed by atoms with van der Waals surface area (Å²) in [6.45, 7) is 0.622. The Labute approximate surface area is 66.4 Å². The third kappa shape index (κ3) is 2.20. The number of nitrogens with one attached hydrogen (secondary N) is 1. The molecule has 1 aromatic heterocycles. The van der Waals surface area contributed by atoms with Gasteiger partial charge in [0, 0.05) is 20.4 Å². The zero-order valence-corrected chi connectivity index (χ0v) is 6.79. The molecular weight excluding hydrogens is 140 g/mol. The maximum Gasteiger partial charge on any atom is 0.125 e. The summed E-state index contributed by atoms with van der Waals surface area (Å²) >= 11 is 0. The number of nitrogens with zero attached hydrogens (tertiary/aromatic N) is 1. The van der Waals surface area contributed by atoms with Crippen molar-refractivity contribution in [2.45, 2.75) is 6.61 Å². The highest BCUT2D eigenvalue weighted by Crippen LogP contribution is 2.04. The molecule has 0 saturated carbocycles. The van der Waals surface area contributed by atoms with Crippen LogP contribution in [-0.4, -0.2) is 19.1 Å². The molecule has 1 aromatic rings. The minimum absolute atomic E-state index is 0.622. The molecule has 3 heteroatoms. The van der Waals surface area contributed by atoms with Gasteiger partial charge in [-0.2, -0.15) is 0 Å². The summed E-state index contributed by atoms with van der Waals surface area (Å²) in [5.41, 5.74) is 1.09. The average Bonchev–Trinajstić information content (AvgIpc) is 2.07. The van der Waals surface area contributed by atoms with Crippen molar-refractivity contribution in [3.63, 3.8) is 0 Å². The number of anilines is 1. The highest BCUT2D eigenvalue weighted by Gasteiger charge is 1.91. The molecular formula is C8H12N2O. The summed E-state index contributed by atoms with van der Waals surface area (Å²) < 4.78 is 4.94. The van der Waals surface area contributed by atoms with Crippen molar-refractivity contribution in [2.75, 3.05) is 19.5 Å². The molecule has 0 radical (unpaired) electrons. The van der Waals surface area contributed by atoms with Gasteiger partial charge in [-0.25, -0.2) is 4.98 Å². The first-order valence-corrected chi connectivity index (χ1v) is 3.48. The minimum Gasteiger partial charge on any atom is -0.380 e. The van der Waals surface area contributed by atoms with Gasteiger partial charge in [0.05, 0.1) is 6.61 Å². The normalized spacial score (nSPS) is 9.64. The summed E-state index contributed by atoms with van der Waals surface area (Å²) in [5, 5.41) is 2.94. The van der Waals surface area contributed by atoms with Crippen molar-refractivity contribution in [2.24, 2.45) is 0 Å². The van der Waals surface area contributed by atoms with E-state index >= 15 is 0 Å². The van der Waals surface area contributed by atoms with E-state index in [1.54, 1.807) is 13.3 Å². The Morgan fingerprint density at radius 2 is 2.36 bits per heavy atom. The fourth-order valence-corrected chi connectivity index (χ4v) is 0.824. The van der Waals surface area contributed by atoms with Crippen LogP contribution in [0.1, 0.15) is 5.56 Å². The van der Waals surface area contributed by atoms with E-state index in [1.165, 1.54) is 0 Å². The summed E-state index contributed by atoms with van der Waals surface area (Å²) in [6.07, 6.45) is 1.80. The molecule has 0 aliphatic heterocycles. The first kappa shape index (κ1) is 8.01. The predicted molar refractivity (Wildman–Crippen MR) is 44.5 cm³/mol. The zero-order chi connectivity index (χ0) is 8.10. The van der Waals surface area contributed by atoms with E-state index in [-0.39, 0.29) is 0 Å². The lowest BCUT2D eigenvalue weighted by Crippen LogP contribution is -1.93. The van der Waals surface area contributed by atoms with Crippen LogP contribution >= 0.6 is 0 Å². The third-order valence-electron chi connectivity index (χ3n) is 1.39. The van der Waals surface area contributed by atoms with Crippen molar-refractivity contribution >= 4 is 5.82 Å². The molecule has 0 spiro atoms. The largest absolute Gasteiger partial charge is 0.380 e. The molecule has 0 bridgehead atoms. The number of ether oxygens (including phenoxy) is 1. The van der Waals surface area contributed by atoms with Crippen molar-refractivity contribution in [1.29, 1.82) is 0 Å². The van der Waals surface area contributed by atoms with Gasteiger partial charge in [0.1, 0.15) is 5.82 Å². The second kappa shape index (κ2) is 3.93. The van der Waals surface area contributed by atoms with Crippen LogP contribution < -0.4 is 5.32 Å². The summed E-state index contributed by atoms with van der Waals surface area (Å²) in [6, 6.07) is 3.91. The van der Waals surface area contributed by atoms with Crippen LogP contribution in [-0.2, 0) is 11.3 Å². The van der Waals surface area contributed by atoms with Gasteiger partial charge < -0.3 is 10.1 Å². The van der Waals surface area contributed by atoms with Crippen molar-refractivity contribution in [1.82, 2.24) is 4.98 Å². The van der Waals surface area contributed by atoms with Crippen LogP contribution in [0.4, 0.5) is 5.82 Å². The van der Waals surface area contributed by atoms with E-state index in [2.05, 4.69) is 10.3 Å². The van der Waals surface area contributed by atoms with Crippen LogP contribution in [0.15, 0.2) is 18.3 Å². The first-order chi connectivity index (χ1) is 5.36. The number of rotatable bonds is 3. The number of hydrogen-bond donors (Lipinski definition) is 1. The number of pyridine rings is 1. The van der Waals surface area contributed by atoms with E-state index in [0.717, 1.165) is 11.4 Å². The van der Waals surface area contributed by atoms with Crippen LogP contribution in [0.3, 0.4) is 0 Å². The smallest absolute Gasteiger partial charge is 0.125 e. The fourth-order valence-electron chi connectivity index (χ4n) is 0.824. The maximum absolute atomic E-state index is 4.94. The molecule has 1 N–H and O–H groups in total. The number of aromatic nitrogens is 1. The lowest BCUT2D eigenvalue weighted by molar-refractivity contribution is 0.184. The second-order valence-electron chi connectivity index (χ2n) is 2.23. The Morgan fingerprint density at radius 1 is 1.55 bits per heavy atom. The number of methoxy groups -OCH3 is 1. The average molecular weight is 152 g/mol. The van der Waals surface area contributed by atoms with Gasteiger partial charge in [-0.3, -0.25) is 0 Å². The SMILES string of the molecule is CNc1ccc(COC)cn1. The lowest BCUT2D eigenvalue weighted by atomic mass is 10.3. The molecule has 60 valence electrons. The molecule has 1 heterocycles. The maximum atomic E-state index is 4.94. The van der Waals surface area contributed by atoms with Crippen LogP contribution in [0.25, 0.3) is 0 Å². The Morgan fingerprint density at radius 3 is 2.82 bits per heavy atom. The van der Waals surface area contributed by atoms with E-state index in [0.29, 0.717) is 6.61 Å². The van der Waals surface area contributed by atoms with Gasteiger partial charge in [-0.1, -0.05) is 6.07 Å². The Balaban J connectivity index is 2.66. The van der Waals surface area contributed by atoms with Crippen molar-refractivity contribution in [3.8, 4) is 0 Å². The zero-order valence-electron chi connectivity index (χ0n) is 6.79. The molecule has 0 aliphatic carbocycles. The number of hydrogen-bond acceptors (Lipinski definition) is 3. The van der Waals surface area contributed by atoms with Gasteiger partial charge in [0.25, 0.3) is 0 Å². The Bertz CT molecular complexity index is 208. The lowest BCUT2D eigenvalue weighted by Gasteiger charge is -2.00. The molecule has 0 aliphatic rings. The topological polar surface area (TPSA) is 34.1 Å². The standard InChI is InChI=1S/C8H12N2O/c1-9-8-4-3-7(5-10-8)6-11-2/h3-5H,6H2,1-2H3,(H,9,10). The van der Waals surface area contributed by atoms with Gasteiger partial charge in [0.2, 0.25) is 0 Å². The molecule has 1 rings (SSSR count). The molecule has 0 saturated heterocycles. The summed E-state index contributed by atoms with van der Waals surface area (Å²) in [5.74, 6) is 0.879. The fraction of sp³-hybridized carbons (Fsp3) is 0.375. The monoisotopic (exact) mass is 152 g/mol. The van der Waals surface area contributed by atoms with Crippen LogP contribution in [0.5, 0.6) is 0 Å². The van der Waals surface area contributed by atoms with Gasteiger partial charge in [-0.05, 0) is 11.6 Å². The van der Waals surface area contributed by atoms with E-state index < -0.39 is 0 Å². The van der Waals surface area contributed by atoms with Crippen molar-refractivity contribution in [3.05, 3.63) is 23.9 Å². The summed E-state index contributed by atoms with van der Waals surface area (Å²) in [7, 11) is 3.52. The Hall–Kier alpha value is -1.09. The molecule has 3 nitrogen and oxygen atoms in total. The minimum atomic E-state index is 0.622. The van der Waals surface area contributed by atoms with E-state index in [9.17, 15) is 0 Å². The van der Waals surface area contributed by atoms with Gasteiger partial charge in [0.15, 0.2) is 0 Å². The molecule has 0 unspecified atom stereocenters. The highest BCUT2D eigenvalue weighted by atomic mass is 16.5. The van der Waals surface area contributed by atoms with E-state index in [4.69, 9.17) is 4.74 Å². The highest BCUT2D eigenvalue weighted by molar-refractivity contribution is 5.34. The Kier molecular flexibility index (Phi) is 2.86. The molecule has 0 aromatic carbocycles. The van der Waals surface area contributed by atoms with E-state index in [1.807, 2.05) is 19.2 Å². The van der Waals surface area contributed by atoms with Crippen molar-refractivity contribution < 1.29 is 4.74 Å². The van der Waals surface area contributed by atoms with Gasteiger partial charge >= 0.3 is 0 Å². The van der Waals surface area contributed by atoms with Gasteiger partial charge in [-0.15, -0.1) is 0 Å². The molecule has 0 amide bonds. The molecule has 11 heavy (non-hydrogen) atoms. The summed E-state index contributed by atoms with van der Waals surface area (Å²) in [4.78, 5) is 4.12. The quantitative estimate of drug-likeness (QED) is 0.708. The molecule has 0 atom stereocenters. The second-order valence-corrected chi connectivity index (χ2v) is 2.23. The molecule has 0 fully saturated rings. The van der Waals surface area contributed by atoms with Crippen LogP contribution in [0, 0.1) is 0 Å². The third-order valence-corrected chi connectivity index (χ3v) is 1.39. The first-order valence-electron chi connectivity index (χ1n) is 3.48.